The lowest BCUT2D eigenvalue weighted by atomic mass is 10.0. The number of nitrogens with one attached hydrogen (secondary N) is 1. The van der Waals surface area contributed by atoms with Gasteiger partial charge < -0.3 is 15.3 Å². The summed E-state index contributed by atoms with van der Waals surface area (Å²) in [5.41, 5.74) is 6.72. The molecule has 0 spiro atoms. The van der Waals surface area contributed by atoms with Crippen molar-refractivity contribution in [2.75, 3.05) is 10.2 Å². The molecule has 3 aromatic rings. The Morgan fingerprint density at radius 3 is 2.59 bits per heavy atom. The maximum atomic E-state index is 10.9. The van der Waals surface area contributed by atoms with Gasteiger partial charge in [-0.2, -0.15) is 0 Å². The van der Waals surface area contributed by atoms with E-state index in [1.807, 2.05) is 24.3 Å². The van der Waals surface area contributed by atoms with Crippen molar-refractivity contribution >= 4 is 23.4 Å². The van der Waals surface area contributed by atoms with Crippen LogP contribution in [-0.4, -0.2) is 11.1 Å². The van der Waals surface area contributed by atoms with Gasteiger partial charge in [0.05, 0.1) is 17.4 Å². The normalized spacial score (nSPS) is 16.5. The number of carboxylic acid groups (broad SMARTS) is 1. The van der Waals surface area contributed by atoms with Gasteiger partial charge in [0.25, 0.3) is 0 Å². The van der Waals surface area contributed by atoms with Gasteiger partial charge in [-0.25, -0.2) is 4.79 Å². The van der Waals surface area contributed by atoms with Crippen LogP contribution >= 0.6 is 0 Å². The highest BCUT2D eigenvalue weighted by molar-refractivity contribution is 5.85. The molecule has 4 rings (SSSR count). The third-order valence-electron chi connectivity index (χ3n) is 5.37. The van der Waals surface area contributed by atoms with Crippen molar-refractivity contribution in [2.24, 2.45) is 0 Å². The van der Waals surface area contributed by atoms with E-state index in [2.05, 4.69) is 72.6 Å². The van der Waals surface area contributed by atoms with Gasteiger partial charge in [-0.1, -0.05) is 60.2 Å². The van der Waals surface area contributed by atoms with E-state index >= 15 is 0 Å². The molecule has 0 amide bonds. The van der Waals surface area contributed by atoms with Crippen LogP contribution in [0.2, 0.25) is 0 Å². The molecular formula is C25H24N2O2. The fourth-order valence-corrected chi connectivity index (χ4v) is 3.86. The van der Waals surface area contributed by atoms with Crippen molar-refractivity contribution in [2.45, 2.75) is 26.1 Å². The van der Waals surface area contributed by atoms with Gasteiger partial charge in [-0.05, 0) is 54.8 Å². The number of fused-ring (bicyclic) bond motifs is 1. The number of anilines is 2. The van der Waals surface area contributed by atoms with Crippen LogP contribution in [0.25, 0.3) is 6.08 Å². The summed E-state index contributed by atoms with van der Waals surface area (Å²) in [5.74, 6) is -0.948. The summed E-state index contributed by atoms with van der Waals surface area (Å²) in [6, 6.07) is 25.2. The summed E-state index contributed by atoms with van der Waals surface area (Å²) in [6.45, 7) is 4.32. The summed E-state index contributed by atoms with van der Waals surface area (Å²) >= 11 is 0. The highest BCUT2D eigenvalue weighted by Gasteiger charge is 2.33. The molecule has 2 atom stereocenters. The monoisotopic (exact) mass is 384 g/mol. The van der Waals surface area contributed by atoms with E-state index in [9.17, 15) is 4.79 Å². The highest BCUT2D eigenvalue weighted by Crippen LogP contribution is 2.45. The standard InChI is InChI=1S/C25H24N2O2/c1-17-10-13-20(14-11-17)18(2)27-23-9-4-3-8-22(23)26-25(27)21-7-5-6-19(16-21)12-15-24(28)29/h3-16,18,25-26H,1-2H3,(H,28,29)/b15-12+/t18?,25-/m1/s1. The lowest BCUT2D eigenvalue weighted by Crippen LogP contribution is -2.30. The topological polar surface area (TPSA) is 52.6 Å². The second-order valence-electron chi connectivity index (χ2n) is 7.40. The number of carboxylic acids is 1. The molecule has 29 heavy (non-hydrogen) atoms. The molecule has 3 aromatic carbocycles. The van der Waals surface area contributed by atoms with Gasteiger partial charge in [-0.3, -0.25) is 0 Å². The molecule has 0 saturated carbocycles. The third kappa shape index (κ3) is 3.87. The van der Waals surface area contributed by atoms with Gasteiger partial charge in [0, 0.05) is 6.08 Å². The maximum absolute atomic E-state index is 10.9. The highest BCUT2D eigenvalue weighted by atomic mass is 16.4. The van der Waals surface area contributed by atoms with Crippen molar-refractivity contribution in [3.05, 3.63) is 101 Å². The first-order valence-electron chi connectivity index (χ1n) is 9.74. The number of para-hydroxylation sites is 2. The molecule has 4 nitrogen and oxygen atoms in total. The molecule has 146 valence electrons. The average molecular weight is 384 g/mol. The van der Waals surface area contributed by atoms with Gasteiger partial charge >= 0.3 is 5.97 Å². The first kappa shape index (κ1) is 18.8. The van der Waals surface area contributed by atoms with Crippen molar-refractivity contribution in [3.63, 3.8) is 0 Å². The van der Waals surface area contributed by atoms with Crippen molar-refractivity contribution in [1.82, 2.24) is 0 Å². The first-order valence-corrected chi connectivity index (χ1v) is 9.74. The first-order chi connectivity index (χ1) is 14.0. The van der Waals surface area contributed by atoms with Gasteiger partial charge in [0.15, 0.2) is 0 Å². The minimum Gasteiger partial charge on any atom is -0.478 e. The van der Waals surface area contributed by atoms with Crippen LogP contribution in [0.5, 0.6) is 0 Å². The zero-order chi connectivity index (χ0) is 20.4. The Hall–Kier alpha value is -3.53. The van der Waals surface area contributed by atoms with Crippen molar-refractivity contribution < 1.29 is 9.90 Å². The molecule has 0 fully saturated rings. The summed E-state index contributed by atoms with van der Waals surface area (Å²) < 4.78 is 0. The van der Waals surface area contributed by atoms with E-state index in [1.54, 1.807) is 6.08 Å². The molecule has 4 heteroatoms. The molecule has 0 aliphatic carbocycles. The van der Waals surface area contributed by atoms with E-state index in [0.29, 0.717) is 0 Å². The quantitative estimate of drug-likeness (QED) is 0.547. The number of rotatable bonds is 5. The summed E-state index contributed by atoms with van der Waals surface area (Å²) in [4.78, 5) is 13.3. The van der Waals surface area contributed by atoms with Crippen LogP contribution in [0, 0.1) is 6.92 Å². The Balaban J connectivity index is 1.73. The van der Waals surface area contributed by atoms with Crippen LogP contribution in [0.4, 0.5) is 11.4 Å². The second kappa shape index (κ2) is 7.84. The van der Waals surface area contributed by atoms with Gasteiger partial charge in [-0.15, -0.1) is 0 Å². The van der Waals surface area contributed by atoms with Crippen molar-refractivity contribution in [1.29, 1.82) is 0 Å². The van der Waals surface area contributed by atoms with Crippen LogP contribution in [0.15, 0.2) is 78.9 Å². The molecule has 1 aliphatic heterocycles. The summed E-state index contributed by atoms with van der Waals surface area (Å²) in [5, 5.41) is 12.6. The average Bonchev–Trinajstić information content (AvgIpc) is 3.12. The Morgan fingerprint density at radius 1 is 1.07 bits per heavy atom. The van der Waals surface area contributed by atoms with E-state index in [-0.39, 0.29) is 12.2 Å². The number of carbonyl (C=O) groups is 1. The number of benzene rings is 3. The number of hydrogen-bond donors (Lipinski definition) is 2. The fourth-order valence-electron chi connectivity index (χ4n) is 3.86. The smallest absolute Gasteiger partial charge is 0.328 e. The van der Waals surface area contributed by atoms with Crippen LogP contribution < -0.4 is 10.2 Å². The third-order valence-corrected chi connectivity index (χ3v) is 5.37. The van der Waals surface area contributed by atoms with E-state index in [4.69, 9.17) is 5.11 Å². The fraction of sp³-hybridized carbons (Fsp3) is 0.160. The predicted octanol–water partition coefficient (Wildman–Crippen LogP) is 5.78. The number of aliphatic carboxylic acids is 1. The molecule has 1 aliphatic rings. The Kier molecular flexibility index (Phi) is 5.09. The van der Waals surface area contributed by atoms with E-state index in [1.165, 1.54) is 17.2 Å². The molecule has 0 bridgehead atoms. The second-order valence-corrected chi connectivity index (χ2v) is 7.40. The predicted molar refractivity (Wildman–Crippen MR) is 118 cm³/mol. The minimum absolute atomic E-state index is 0.0399. The number of aryl methyl sites for hydroxylation is 1. The number of hydrogen-bond acceptors (Lipinski definition) is 3. The van der Waals surface area contributed by atoms with E-state index < -0.39 is 5.97 Å². The molecule has 1 heterocycles. The molecule has 2 N–H and O–H groups in total. The Morgan fingerprint density at radius 2 is 1.83 bits per heavy atom. The van der Waals surface area contributed by atoms with Gasteiger partial charge in [0.2, 0.25) is 0 Å². The summed E-state index contributed by atoms with van der Waals surface area (Å²) in [6.07, 6.45) is 2.76. The Labute approximate surface area is 171 Å². The van der Waals surface area contributed by atoms with E-state index in [0.717, 1.165) is 22.5 Å². The molecule has 0 saturated heterocycles. The Bertz CT molecular complexity index is 1060. The largest absolute Gasteiger partial charge is 0.478 e. The van der Waals surface area contributed by atoms with Crippen LogP contribution in [-0.2, 0) is 4.79 Å². The van der Waals surface area contributed by atoms with Crippen LogP contribution in [0.1, 0.15) is 41.4 Å². The zero-order valence-corrected chi connectivity index (χ0v) is 16.5. The minimum atomic E-state index is -0.948. The lowest BCUT2D eigenvalue weighted by Gasteiger charge is -2.33. The molecule has 0 aromatic heterocycles. The molecule has 0 radical (unpaired) electrons. The molecular weight excluding hydrogens is 360 g/mol. The maximum Gasteiger partial charge on any atom is 0.328 e. The lowest BCUT2D eigenvalue weighted by molar-refractivity contribution is -0.131. The molecule has 1 unspecified atom stereocenters. The zero-order valence-electron chi connectivity index (χ0n) is 16.5. The van der Waals surface area contributed by atoms with Gasteiger partial charge in [0.1, 0.15) is 6.17 Å². The van der Waals surface area contributed by atoms with Crippen LogP contribution in [0.3, 0.4) is 0 Å². The van der Waals surface area contributed by atoms with Crippen molar-refractivity contribution in [3.8, 4) is 0 Å². The summed E-state index contributed by atoms with van der Waals surface area (Å²) in [7, 11) is 0. The SMILES string of the molecule is Cc1ccc(C(C)N2c3ccccc3N[C@H]2c2cccc(/C=C/C(=O)O)c2)cc1. The number of nitrogens with zero attached hydrogens (tertiary/aromatic N) is 1.